The van der Waals surface area contributed by atoms with Crippen molar-refractivity contribution < 1.29 is 9.53 Å². The molecule has 146 valence electrons. The van der Waals surface area contributed by atoms with Gasteiger partial charge < -0.3 is 9.53 Å². The van der Waals surface area contributed by atoms with Gasteiger partial charge in [0.25, 0.3) is 0 Å². The molecule has 0 fully saturated rings. The molecule has 0 aliphatic carbocycles. The predicted molar refractivity (Wildman–Crippen MR) is 113 cm³/mol. The Morgan fingerprint density at radius 3 is 1.69 bits per heavy atom. The molecule has 0 saturated carbocycles. The third kappa shape index (κ3) is 4.72. The van der Waals surface area contributed by atoms with E-state index < -0.39 is 11.6 Å². The summed E-state index contributed by atoms with van der Waals surface area (Å²) in [5, 5.41) is 3.84. The second-order valence-electron chi connectivity index (χ2n) is 6.69. The number of nitrogens with zero attached hydrogens (tertiary/aromatic N) is 3. The molecule has 5 nitrogen and oxygen atoms in total. The number of aldehydes is 1. The number of ether oxygens (including phenoxy) is 1. The van der Waals surface area contributed by atoms with Crippen molar-refractivity contribution in [3.05, 3.63) is 118 Å². The summed E-state index contributed by atoms with van der Waals surface area (Å²) in [4.78, 5) is 13.7. The average Bonchev–Trinajstić information content (AvgIpc) is 2.80. The van der Waals surface area contributed by atoms with Gasteiger partial charge in [-0.15, -0.1) is 0 Å². The molecule has 0 heterocycles. The first-order valence-corrected chi connectivity index (χ1v) is 9.59. The first kappa shape index (κ1) is 20.3. The molecule has 0 amide bonds. The number of azide groups is 1. The van der Waals surface area contributed by atoms with Gasteiger partial charge in [-0.05, 0) is 28.6 Å². The molecule has 0 aliphatic rings. The summed E-state index contributed by atoms with van der Waals surface area (Å²) in [7, 11) is 0. The normalized spacial score (nSPS) is 12.0. The Morgan fingerprint density at radius 1 is 0.862 bits per heavy atom. The van der Waals surface area contributed by atoms with Crippen LogP contribution in [0.2, 0.25) is 0 Å². The van der Waals surface area contributed by atoms with E-state index in [1.54, 1.807) is 0 Å². The van der Waals surface area contributed by atoms with Crippen LogP contribution >= 0.6 is 0 Å². The molecule has 0 bridgehead atoms. The fourth-order valence-electron chi connectivity index (χ4n) is 3.50. The van der Waals surface area contributed by atoms with Gasteiger partial charge in [0.15, 0.2) is 0 Å². The average molecular weight is 385 g/mol. The molecule has 0 N–H and O–H groups in total. The summed E-state index contributed by atoms with van der Waals surface area (Å²) >= 11 is 0. The van der Waals surface area contributed by atoms with Crippen molar-refractivity contribution in [2.24, 2.45) is 5.11 Å². The van der Waals surface area contributed by atoms with E-state index in [1.807, 2.05) is 91.0 Å². The van der Waals surface area contributed by atoms with Crippen molar-refractivity contribution in [2.45, 2.75) is 24.5 Å². The molecule has 3 aromatic carbocycles. The quantitative estimate of drug-likeness (QED) is 0.149. The highest BCUT2D eigenvalue weighted by Crippen LogP contribution is 2.40. The molecule has 29 heavy (non-hydrogen) atoms. The minimum Gasteiger partial charge on any atom is -0.360 e. The first-order valence-electron chi connectivity index (χ1n) is 9.59. The first-order chi connectivity index (χ1) is 14.3. The number of rotatable bonds is 10. The predicted octanol–water partition coefficient (Wildman–Crippen LogP) is 5.65. The smallest absolute Gasteiger partial charge is 0.143 e. The largest absolute Gasteiger partial charge is 0.360 e. The minimum atomic E-state index is -0.867. The Kier molecular flexibility index (Phi) is 7.17. The van der Waals surface area contributed by atoms with E-state index in [9.17, 15) is 4.79 Å². The third-order valence-corrected chi connectivity index (χ3v) is 4.87. The maximum Gasteiger partial charge on any atom is 0.143 e. The molecule has 1 atom stereocenters. The highest BCUT2D eigenvalue weighted by molar-refractivity contribution is 5.49. The maximum absolute atomic E-state index is 10.8. The molecule has 0 spiro atoms. The molecule has 0 unspecified atom stereocenters. The van der Waals surface area contributed by atoms with Crippen LogP contribution in [0.4, 0.5) is 0 Å². The SMILES string of the molecule is [N-]=[N+]=N[C@H](CCC=O)COC(c1ccccc1)(c1ccccc1)c1ccccc1. The van der Waals surface area contributed by atoms with Gasteiger partial charge in [0.1, 0.15) is 11.9 Å². The summed E-state index contributed by atoms with van der Waals surface area (Å²) in [6.45, 7) is 0.191. The number of carbonyl (C=O) groups is 1. The summed E-state index contributed by atoms with van der Waals surface area (Å²) < 4.78 is 6.62. The van der Waals surface area contributed by atoms with Crippen molar-refractivity contribution in [3.63, 3.8) is 0 Å². The Hall–Kier alpha value is -3.40. The van der Waals surface area contributed by atoms with E-state index >= 15 is 0 Å². The summed E-state index contributed by atoms with van der Waals surface area (Å²) in [5.41, 5.74) is 11.0. The number of carbonyl (C=O) groups excluding carboxylic acids is 1. The van der Waals surface area contributed by atoms with Crippen LogP contribution in [-0.4, -0.2) is 18.9 Å². The van der Waals surface area contributed by atoms with Crippen LogP contribution < -0.4 is 0 Å². The van der Waals surface area contributed by atoms with E-state index in [0.29, 0.717) is 12.8 Å². The molecule has 0 radical (unpaired) electrons. The van der Waals surface area contributed by atoms with Gasteiger partial charge in [0.2, 0.25) is 0 Å². The van der Waals surface area contributed by atoms with Gasteiger partial charge in [-0.1, -0.05) is 96.1 Å². The molecule has 3 rings (SSSR count). The van der Waals surface area contributed by atoms with Gasteiger partial charge in [-0.2, -0.15) is 0 Å². The summed E-state index contributed by atoms with van der Waals surface area (Å²) in [6, 6.07) is 29.6. The minimum absolute atomic E-state index is 0.191. The standard InChI is InChI=1S/C24H23N3O2/c25-27-26-23(17-10-18-28)19-29-24(20-11-4-1-5-12-20,21-13-6-2-7-14-21)22-15-8-3-9-16-22/h1-9,11-16,18,23H,10,17,19H2/t23-/m1/s1. The molecular weight excluding hydrogens is 362 g/mol. The fraction of sp³-hybridized carbons (Fsp3) is 0.208. The lowest BCUT2D eigenvalue weighted by Crippen LogP contribution is -2.35. The molecular formula is C24H23N3O2. The van der Waals surface area contributed by atoms with E-state index in [1.165, 1.54) is 0 Å². The lowest BCUT2D eigenvalue weighted by molar-refractivity contribution is -0.108. The van der Waals surface area contributed by atoms with Crippen LogP contribution in [0.3, 0.4) is 0 Å². The molecule has 5 heteroatoms. The third-order valence-electron chi connectivity index (χ3n) is 4.87. The molecule has 3 aromatic rings. The van der Waals surface area contributed by atoms with E-state index in [2.05, 4.69) is 10.0 Å². The zero-order valence-electron chi connectivity index (χ0n) is 16.1. The van der Waals surface area contributed by atoms with E-state index in [4.69, 9.17) is 10.3 Å². The van der Waals surface area contributed by atoms with Crippen LogP contribution in [0.15, 0.2) is 96.1 Å². The molecule has 0 saturated heterocycles. The van der Waals surface area contributed by atoms with Gasteiger partial charge in [-0.3, -0.25) is 0 Å². The van der Waals surface area contributed by atoms with E-state index in [-0.39, 0.29) is 6.61 Å². The Bertz CT molecular complexity index is 843. The summed E-state index contributed by atoms with van der Waals surface area (Å²) in [6.07, 6.45) is 1.60. The molecule has 0 aromatic heterocycles. The van der Waals surface area contributed by atoms with Crippen molar-refractivity contribution >= 4 is 6.29 Å². The second kappa shape index (κ2) is 10.2. The van der Waals surface area contributed by atoms with Crippen molar-refractivity contribution in [1.29, 1.82) is 0 Å². The number of benzene rings is 3. The monoisotopic (exact) mass is 385 g/mol. The molecule has 0 aliphatic heterocycles. The van der Waals surface area contributed by atoms with Crippen molar-refractivity contribution in [3.8, 4) is 0 Å². The van der Waals surface area contributed by atoms with Crippen molar-refractivity contribution in [1.82, 2.24) is 0 Å². The van der Waals surface area contributed by atoms with Gasteiger partial charge in [-0.25, -0.2) is 0 Å². The van der Waals surface area contributed by atoms with Crippen molar-refractivity contribution in [2.75, 3.05) is 6.61 Å². The Morgan fingerprint density at radius 2 is 1.31 bits per heavy atom. The topological polar surface area (TPSA) is 75.1 Å². The lowest BCUT2D eigenvalue weighted by Gasteiger charge is -2.36. The summed E-state index contributed by atoms with van der Waals surface area (Å²) in [5.74, 6) is 0. The highest BCUT2D eigenvalue weighted by atomic mass is 16.5. The van der Waals surface area contributed by atoms with Crippen LogP contribution in [0.25, 0.3) is 10.4 Å². The zero-order chi connectivity index (χ0) is 20.4. The fourth-order valence-corrected chi connectivity index (χ4v) is 3.50. The van der Waals surface area contributed by atoms with Crippen LogP contribution in [0.5, 0.6) is 0 Å². The zero-order valence-corrected chi connectivity index (χ0v) is 16.1. The maximum atomic E-state index is 10.8. The lowest BCUT2D eigenvalue weighted by atomic mass is 9.80. The van der Waals surface area contributed by atoms with Crippen LogP contribution in [-0.2, 0) is 15.1 Å². The van der Waals surface area contributed by atoms with Gasteiger partial charge >= 0.3 is 0 Å². The Balaban J connectivity index is 2.12. The second-order valence-corrected chi connectivity index (χ2v) is 6.69. The number of hydrogen-bond acceptors (Lipinski definition) is 3. The van der Waals surface area contributed by atoms with Crippen LogP contribution in [0, 0.1) is 0 Å². The van der Waals surface area contributed by atoms with Crippen LogP contribution in [0.1, 0.15) is 29.5 Å². The van der Waals surface area contributed by atoms with Gasteiger partial charge in [0.05, 0.1) is 12.6 Å². The number of hydrogen-bond donors (Lipinski definition) is 0. The van der Waals surface area contributed by atoms with Gasteiger partial charge in [0, 0.05) is 11.3 Å². The van der Waals surface area contributed by atoms with E-state index in [0.717, 1.165) is 23.0 Å². The highest BCUT2D eigenvalue weighted by Gasteiger charge is 2.37. The Labute approximate surface area is 170 Å².